The molecule has 2 unspecified atom stereocenters. The Morgan fingerprint density at radius 3 is 2.57 bits per heavy atom. The van der Waals surface area contributed by atoms with Crippen LogP contribution < -0.4 is 5.32 Å². The van der Waals surface area contributed by atoms with Crippen LogP contribution in [0.25, 0.3) is 0 Å². The fourth-order valence-corrected chi connectivity index (χ4v) is 3.04. The van der Waals surface area contributed by atoms with Crippen molar-refractivity contribution in [1.29, 1.82) is 0 Å². The maximum absolute atomic E-state index is 12.5. The summed E-state index contributed by atoms with van der Waals surface area (Å²) in [5.74, 6) is -0.963. The molecule has 2 atom stereocenters. The molecule has 2 fully saturated rings. The van der Waals surface area contributed by atoms with Gasteiger partial charge in [-0.1, -0.05) is 19.3 Å². The van der Waals surface area contributed by atoms with Gasteiger partial charge in [0.2, 0.25) is 0 Å². The van der Waals surface area contributed by atoms with Crippen LogP contribution in [0, 0.1) is 0 Å². The van der Waals surface area contributed by atoms with Crippen molar-refractivity contribution in [1.82, 2.24) is 10.2 Å². The summed E-state index contributed by atoms with van der Waals surface area (Å²) < 4.78 is 5.39. The zero-order valence-electron chi connectivity index (χ0n) is 12.4. The minimum Gasteiger partial charge on any atom is -0.480 e. The van der Waals surface area contributed by atoms with E-state index in [1.807, 2.05) is 6.92 Å². The molecule has 120 valence electrons. The molecule has 1 saturated carbocycles. The molecule has 0 bridgehead atoms. The normalized spacial score (nSPS) is 29.0. The van der Waals surface area contributed by atoms with Gasteiger partial charge in [-0.25, -0.2) is 9.59 Å². The van der Waals surface area contributed by atoms with E-state index in [9.17, 15) is 14.7 Å². The Kier molecular flexibility index (Phi) is 5.05. The maximum Gasteiger partial charge on any atom is 0.329 e. The first kappa shape index (κ1) is 16.0. The van der Waals surface area contributed by atoms with Crippen molar-refractivity contribution in [3.63, 3.8) is 0 Å². The summed E-state index contributed by atoms with van der Waals surface area (Å²) in [5, 5.41) is 21.4. The Bertz CT molecular complexity index is 395. The number of hydrogen-bond donors (Lipinski definition) is 3. The molecule has 2 rings (SSSR count). The second kappa shape index (κ2) is 6.62. The third kappa shape index (κ3) is 3.47. The standard InChI is InChI=1S/C14H24N2O5/c1-10-9-21-11(8-17)7-16(10)13(20)15-14(12(18)19)5-3-2-4-6-14/h10-11,17H,2-9H2,1H3,(H,15,20)(H,18,19). The summed E-state index contributed by atoms with van der Waals surface area (Å²) in [6.07, 6.45) is 3.16. The van der Waals surface area contributed by atoms with Crippen LogP contribution in [-0.4, -0.2) is 64.6 Å². The van der Waals surface area contributed by atoms with Crippen LogP contribution >= 0.6 is 0 Å². The zero-order chi connectivity index (χ0) is 15.5. The number of nitrogens with one attached hydrogen (secondary N) is 1. The first-order valence-corrected chi connectivity index (χ1v) is 7.53. The van der Waals surface area contributed by atoms with Crippen LogP contribution in [0.2, 0.25) is 0 Å². The summed E-state index contributed by atoms with van der Waals surface area (Å²) in [7, 11) is 0. The van der Waals surface area contributed by atoms with Crippen LogP contribution in [0.3, 0.4) is 0 Å². The first-order valence-electron chi connectivity index (χ1n) is 7.53. The SMILES string of the molecule is CC1COC(CO)CN1C(=O)NC1(C(=O)O)CCCCC1. The van der Waals surface area contributed by atoms with Gasteiger partial charge < -0.3 is 25.2 Å². The summed E-state index contributed by atoms with van der Waals surface area (Å²) >= 11 is 0. The minimum atomic E-state index is -1.15. The van der Waals surface area contributed by atoms with Crippen LogP contribution in [0.15, 0.2) is 0 Å². The fraction of sp³-hybridized carbons (Fsp3) is 0.857. The number of carboxylic acids is 1. The minimum absolute atomic E-state index is 0.137. The second-order valence-electron chi connectivity index (χ2n) is 6.02. The molecule has 2 aliphatic rings. The van der Waals surface area contributed by atoms with Crippen molar-refractivity contribution in [3.05, 3.63) is 0 Å². The molecular weight excluding hydrogens is 276 g/mol. The Morgan fingerprint density at radius 2 is 2.00 bits per heavy atom. The number of carbonyl (C=O) groups excluding carboxylic acids is 1. The van der Waals surface area contributed by atoms with Gasteiger partial charge in [-0.05, 0) is 19.8 Å². The summed E-state index contributed by atoms with van der Waals surface area (Å²) in [6.45, 7) is 2.32. The topological polar surface area (TPSA) is 99.1 Å². The highest BCUT2D eigenvalue weighted by Crippen LogP contribution is 2.29. The van der Waals surface area contributed by atoms with Crippen molar-refractivity contribution in [2.45, 2.75) is 56.7 Å². The Labute approximate surface area is 124 Å². The van der Waals surface area contributed by atoms with Crippen molar-refractivity contribution in [2.24, 2.45) is 0 Å². The lowest BCUT2D eigenvalue weighted by molar-refractivity contribution is -0.146. The van der Waals surface area contributed by atoms with E-state index in [0.717, 1.165) is 19.3 Å². The van der Waals surface area contributed by atoms with Gasteiger partial charge in [-0.3, -0.25) is 0 Å². The van der Waals surface area contributed by atoms with E-state index in [2.05, 4.69) is 5.32 Å². The molecule has 0 aromatic heterocycles. The number of aliphatic hydroxyl groups excluding tert-OH is 1. The molecule has 1 aliphatic heterocycles. The smallest absolute Gasteiger partial charge is 0.329 e. The van der Waals surface area contributed by atoms with E-state index in [0.29, 0.717) is 19.4 Å². The van der Waals surface area contributed by atoms with Crippen LogP contribution in [0.5, 0.6) is 0 Å². The molecule has 7 nitrogen and oxygen atoms in total. The summed E-state index contributed by atoms with van der Waals surface area (Å²) in [5.41, 5.74) is -1.15. The molecule has 3 N–H and O–H groups in total. The van der Waals surface area contributed by atoms with Crippen LogP contribution in [0.4, 0.5) is 4.79 Å². The number of morpholine rings is 1. The lowest BCUT2D eigenvalue weighted by Gasteiger charge is -2.41. The molecule has 0 aromatic carbocycles. The van der Waals surface area contributed by atoms with Crippen molar-refractivity contribution >= 4 is 12.0 Å². The number of nitrogens with zero attached hydrogens (tertiary/aromatic N) is 1. The quantitative estimate of drug-likeness (QED) is 0.707. The molecule has 1 aliphatic carbocycles. The average molecular weight is 300 g/mol. The van der Waals surface area contributed by atoms with Gasteiger partial charge in [0.15, 0.2) is 0 Å². The summed E-state index contributed by atoms with van der Waals surface area (Å²) in [4.78, 5) is 25.6. The molecule has 0 aromatic rings. The van der Waals surface area contributed by atoms with Gasteiger partial charge in [-0.2, -0.15) is 0 Å². The number of ether oxygens (including phenoxy) is 1. The van der Waals surface area contributed by atoms with Crippen LogP contribution in [-0.2, 0) is 9.53 Å². The zero-order valence-corrected chi connectivity index (χ0v) is 12.4. The number of urea groups is 1. The first-order chi connectivity index (χ1) is 9.98. The van der Waals surface area contributed by atoms with Crippen molar-refractivity contribution < 1.29 is 24.5 Å². The molecule has 0 radical (unpaired) electrons. The molecular formula is C14H24N2O5. The number of aliphatic hydroxyl groups is 1. The number of hydrogen-bond acceptors (Lipinski definition) is 4. The number of carboxylic acid groups (broad SMARTS) is 1. The van der Waals surface area contributed by atoms with E-state index >= 15 is 0 Å². The third-order valence-electron chi connectivity index (χ3n) is 4.43. The lowest BCUT2D eigenvalue weighted by Crippen LogP contribution is -2.62. The Balaban J connectivity index is 2.05. The van der Waals surface area contributed by atoms with Crippen LogP contribution in [0.1, 0.15) is 39.0 Å². The Morgan fingerprint density at radius 1 is 1.33 bits per heavy atom. The highest BCUT2D eigenvalue weighted by Gasteiger charge is 2.43. The van der Waals surface area contributed by atoms with E-state index < -0.39 is 17.6 Å². The maximum atomic E-state index is 12.5. The monoisotopic (exact) mass is 300 g/mol. The van der Waals surface area contributed by atoms with Crippen molar-refractivity contribution in [3.8, 4) is 0 Å². The highest BCUT2D eigenvalue weighted by atomic mass is 16.5. The average Bonchev–Trinajstić information content (AvgIpc) is 2.48. The predicted octanol–water partition coefficient (Wildman–Crippen LogP) is 0.565. The van der Waals surface area contributed by atoms with Gasteiger partial charge in [0.25, 0.3) is 0 Å². The highest BCUT2D eigenvalue weighted by molar-refractivity contribution is 5.86. The van der Waals surface area contributed by atoms with Gasteiger partial charge in [0, 0.05) is 0 Å². The lowest BCUT2D eigenvalue weighted by atomic mass is 9.82. The Hall–Kier alpha value is -1.34. The molecule has 0 spiro atoms. The largest absolute Gasteiger partial charge is 0.480 e. The molecule has 1 heterocycles. The number of rotatable bonds is 3. The second-order valence-corrected chi connectivity index (χ2v) is 6.02. The van der Waals surface area contributed by atoms with Gasteiger partial charge in [0.05, 0.1) is 31.9 Å². The number of aliphatic carboxylic acids is 1. The third-order valence-corrected chi connectivity index (χ3v) is 4.43. The molecule has 7 heteroatoms. The predicted molar refractivity (Wildman–Crippen MR) is 75.0 cm³/mol. The number of amides is 2. The van der Waals surface area contributed by atoms with Gasteiger partial charge in [0.1, 0.15) is 5.54 Å². The fourth-order valence-electron chi connectivity index (χ4n) is 3.04. The van der Waals surface area contributed by atoms with Gasteiger partial charge >= 0.3 is 12.0 Å². The van der Waals surface area contributed by atoms with E-state index in [-0.39, 0.29) is 25.2 Å². The molecule has 21 heavy (non-hydrogen) atoms. The van der Waals surface area contributed by atoms with E-state index in [1.54, 1.807) is 4.90 Å². The number of carbonyl (C=O) groups is 2. The van der Waals surface area contributed by atoms with E-state index in [1.165, 1.54) is 0 Å². The molecule has 2 amide bonds. The van der Waals surface area contributed by atoms with Crippen molar-refractivity contribution in [2.75, 3.05) is 19.8 Å². The summed E-state index contributed by atoms with van der Waals surface area (Å²) in [6, 6.07) is -0.518. The molecule has 1 saturated heterocycles. The van der Waals surface area contributed by atoms with Gasteiger partial charge in [-0.15, -0.1) is 0 Å². The van der Waals surface area contributed by atoms with E-state index in [4.69, 9.17) is 9.84 Å².